The third-order valence-corrected chi connectivity index (χ3v) is 4.80. The minimum absolute atomic E-state index is 0.247. The van der Waals surface area contributed by atoms with Crippen LogP contribution in [0.4, 0.5) is 0 Å². The summed E-state index contributed by atoms with van der Waals surface area (Å²) < 4.78 is 5.03. The molecule has 2 aromatic rings. The minimum Gasteiger partial charge on any atom is -0.468 e. The number of hydrogen-bond donors (Lipinski definition) is 0. The summed E-state index contributed by atoms with van der Waals surface area (Å²) in [6, 6.07) is 16.7. The van der Waals surface area contributed by atoms with Gasteiger partial charge in [0.15, 0.2) is 5.78 Å². The monoisotopic (exact) mass is 318 g/mol. The Bertz CT molecular complexity index is 816. The van der Waals surface area contributed by atoms with E-state index in [-0.39, 0.29) is 5.78 Å². The van der Waals surface area contributed by atoms with Gasteiger partial charge >= 0.3 is 5.97 Å². The SMILES string of the molecule is C#C[C@@H](c1ccccc1)[C@@]1(C(=O)OC)CCc2ccccc2C1=O. The van der Waals surface area contributed by atoms with Crippen LogP contribution in [0.15, 0.2) is 54.6 Å². The van der Waals surface area contributed by atoms with Crippen molar-refractivity contribution in [2.45, 2.75) is 18.8 Å². The zero-order valence-electron chi connectivity index (χ0n) is 13.5. The summed E-state index contributed by atoms with van der Waals surface area (Å²) in [5.74, 6) is 1.21. The van der Waals surface area contributed by atoms with Crippen LogP contribution in [0.25, 0.3) is 0 Å². The van der Waals surface area contributed by atoms with Crippen LogP contribution in [0.2, 0.25) is 0 Å². The molecule has 0 unspecified atom stereocenters. The summed E-state index contributed by atoms with van der Waals surface area (Å²) in [7, 11) is 1.30. The fourth-order valence-corrected chi connectivity index (χ4v) is 3.58. The summed E-state index contributed by atoms with van der Waals surface area (Å²) in [6.45, 7) is 0. The van der Waals surface area contributed by atoms with Crippen molar-refractivity contribution in [3.05, 3.63) is 71.3 Å². The van der Waals surface area contributed by atoms with Crippen LogP contribution < -0.4 is 0 Å². The molecule has 1 aliphatic carbocycles. The first-order valence-corrected chi connectivity index (χ1v) is 7.87. The Hall–Kier alpha value is -2.86. The van der Waals surface area contributed by atoms with E-state index in [9.17, 15) is 9.59 Å². The molecule has 0 bridgehead atoms. The molecule has 2 aromatic carbocycles. The number of carbonyl (C=O) groups excluding carboxylic acids is 2. The number of hydrogen-bond acceptors (Lipinski definition) is 3. The first kappa shape index (κ1) is 16.0. The molecule has 3 heteroatoms. The number of ketones is 1. The van der Waals surface area contributed by atoms with Crippen LogP contribution in [0, 0.1) is 17.8 Å². The van der Waals surface area contributed by atoms with Gasteiger partial charge in [0.25, 0.3) is 0 Å². The summed E-state index contributed by atoms with van der Waals surface area (Å²) in [5, 5.41) is 0. The Morgan fingerprint density at radius 3 is 2.50 bits per heavy atom. The fraction of sp³-hybridized carbons (Fsp3) is 0.238. The van der Waals surface area contributed by atoms with Crippen LogP contribution in [-0.2, 0) is 16.0 Å². The minimum atomic E-state index is -1.38. The molecule has 0 amide bonds. The smallest absolute Gasteiger partial charge is 0.321 e. The second kappa shape index (κ2) is 6.33. The van der Waals surface area contributed by atoms with E-state index < -0.39 is 17.3 Å². The van der Waals surface area contributed by atoms with Gasteiger partial charge in [0.2, 0.25) is 0 Å². The molecular formula is C21H18O3. The highest BCUT2D eigenvalue weighted by atomic mass is 16.5. The summed E-state index contributed by atoms with van der Waals surface area (Å²) in [4.78, 5) is 26.1. The van der Waals surface area contributed by atoms with E-state index in [1.807, 2.05) is 42.5 Å². The number of carbonyl (C=O) groups is 2. The average Bonchev–Trinajstić information content (AvgIpc) is 2.64. The summed E-state index contributed by atoms with van der Waals surface area (Å²) in [5.41, 5.74) is 0.911. The zero-order valence-corrected chi connectivity index (χ0v) is 13.5. The molecule has 0 heterocycles. The normalized spacial score (nSPS) is 20.6. The molecule has 3 nitrogen and oxygen atoms in total. The second-order valence-corrected chi connectivity index (χ2v) is 5.96. The van der Waals surface area contributed by atoms with Crippen LogP contribution in [0.1, 0.15) is 33.8 Å². The molecule has 0 saturated carbocycles. The topological polar surface area (TPSA) is 43.4 Å². The van der Waals surface area contributed by atoms with Gasteiger partial charge in [-0.05, 0) is 24.0 Å². The van der Waals surface area contributed by atoms with Crippen LogP contribution in [0.3, 0.4) is 0 Å². The van der Waals surface area contributed by atoms with E-state index in [1.165, 1.54) is 7.11 Å². The molecule has 120 valence electrons. The highest BCUT2D eigenvalue weighted by molar-refractivity contribution is 6.15. The van der Waals surface area contributed by atoms with Crippen LogP contribution in [-0.4, -0.2) is 18.9 Å². The lowest BCUT2D eigenvalue weighted by Gasteiger charge is -2.38. The van der Waals surface area contributed by atoms with Gasteiger partial charge in [0.1, 0.15) is 5.41 Å². The van der Waals surface area contributed by atoms with E-state index in [0.717, 1.165) is 11.1 Å². The van der Waals surface area contributed by atoms with Gasteiger partial charge < -0.3 is 4.74 Å². The van der Waals surface area contributed by atoms with Crippen molar-refractivity contribution in [3.63, 3.8) is 0 Å². The Morgan fingerprint density at radius 2 is 1.83 bits per heavy atom. The maximum Gasteiger partial charge on any atom is 0.321 e. The number of terminal acetylenes is 1. The molecule has 0 spiro atoms. The molecule has 2 atom stereocenters. The first-order chi connectivity index (χ1) is 11.6. The van der Waals surface area contributed by atoms with Gasteiger partial charge in [-0.1, -0.05) is 60.5 Å². The third-order valence-electron chi connectivity index (χ3n) is 4.80. The Balaban J connectivity index is 2.19. The number of benzene rings is 2. The Labute approximate surface area is 141 Å². The van der Waals surface area contributed by atoms with Crippen molar-refractivity contribution < 1.29 is 14.3 Å². The molecular weight excluding hydrogens is 300 g/mol. The molecule has 1 aliphatic rings. The molecule has 0 N–H and O–H groups in total. The van der Waals surface area contributed by atoms with E-state index in [1.54, 1.807) is 12.1 Å². The largest absolute Gasteiger partial charge is 0.468 e. The van der Waals surface area contributed by atoms with E-state index in [4.69, 9.17) is 11.2 Å². The quantitative estimate of drug-likeness (QED) is 0.495. The highest BCUT2D eigenvalue weighted by Crippen LogP contribution is 2.46. The molecule has 0 fully saturated rings. The van der Waals surface area contributed by atoms with Crippen molar-refractivity contribution in [1.82, 2.24) is 0 Å². The number of methoxy groups -OCH3 is 1. The van der Waals surface area contributed by atoms with Gasteiger partial charge in [-0.15, -0.1) is 6.42 Å². The maximum atomic E-state index is 13.3. The van der Waals surface area contributed by atoms with Crippen LogP contribution >= 0.6 is 0 Å². The van der Waals surface area contributed by atoms with Gasteiger partial charge in [0, 0.05) is 5.56 Å². The number of rotatable bonds is 3. The van der Waals surface area contributed by atoms with Crippen molar-refractivity contribution in [2.75, 3.05) is 7.11 Å². The maximum absolute atomic E-state index is 13.3. The summed E-state index contributed by atoms with van der Waals surface area (Å²) >= 11 is 0. The predicted octanol–water partition coefficient (Wildman–Crippen LogP) is 3.39. The second-order valence-electron chi connectivity index (χ2n) is 5.96. The molecule has 0 aromatic heterocycles. The lowest BCUT2D eigenvalue weighted by atomic mass is 9.61. The average molecular weight is 318 g/mol. The summed E-state index contributed by atoms with van der Waals surface area (Å²) in [6.07, 6.45) is 6.75. The lowest BCUT2D eigenvalue weighted by molar-refractivity contribution is -0.150. The molecule has 0 radical (unpaired) electrons. The van der Waals surface area contributed by atoms with Gasteiger partial charge in [-0.25, -0.2) is 0 Å². The molecule has 3 rings (SSSR count). The van der Waals surface area contributed by atoms with Gasteiger partial charge in [-0.3, -0.25) is 9.59 Å². The Kier molecular flexibility index (Phi) is 4.22. The van der Waals surface area contributed by atoms with Gasteiger partial charge in [0.05, 0.1) is 13.0 Å². The van der Waals surface area contributed by atoms with Crippen molar-refractivity contribution in [1.29, 1.82) is 0 Å². The molecule has 24 heavy (non-hydrogen) atoms. The number of esters is 1. The van der Waals surface area contributed by atoms with Crippen LogP contribution in [0.5, 0.6) is 0 Å². The standard InChI is InChI=1S/C21H18O3/c1-3-18(16-10-5-4-6-11-16)21(20(23)24-2)14-13-15-9-7-8-12-17(15)19(21)22/h1,4-12,18H,13-14H2,2H3/t18-,21-/m0/s1. The number of ether oxygens (including phenoxy) is 1. The molecule has 0 saturated heterocycles. The van der Waals surface area contributed by atoms with Gasteiger partial charge in [-0.2, -0.15) is 0 Å². The van der Waals surface area contributed by atoms with Crippen molar-refractivity contribution in [2.24, 2.45) is 5.41 Å². The lowest BCUT2D eigenvalue weighted by Crippen LogP contribution is -2.48. The number of fused-ring (bicyclic) bond motifs is 1. The predicted molar refractivity (Wildman–Crippen MR) is 91.6 cm³/mol. The Morgan fingerprint density at radius 1 is 1.17 bits per heavy atom. The molecule has 0 aliphatic heterocycles. The van der Waals surface area contributed by atoms with Crippen molar-refractivity contribution in [3.8, 4) is 12.3 Å². The van der Waals surface area contributed by atoms with E-state index in [2.05, 4.69) is 5.92 Å². The first-order valence-electron chi connectivity index (χ1n) is 7.87. The highest BCUT2D eigenvalue weighted by Gasteiger charge is 2.55. The third kappa shape index (κ3) is 2.32. The fourth-order valence-electron chi connectivity index (χ4n) is 3.58. The zero-order chi connectivity index (χ0) is 17.2. The van der Waals surface area contributed by atoms with E-state index in [0.29, 0.717) is 18.4 Å². The number of aryl methyl sites for hydroxylation is 1. The van der Waals surface area contributed by atoms with E-state index >= 15 is 0 Å². The number of Topliss-reactive ketones (excluding diaryl/α,β-unsaturated/α-hetero) is 1. The van der Waals surface area contributed by atoms with Crippen molar-refractivity contribution >= 4 is 11.8 Å².